The van der Waals surface area contributed by atoms with E-state index in [9.17, 15) is 20.0 Å². The molecule has 2 aliphatic carbocycles. The number of pyridine rings is 1. The molecule has 2 unspecified atom stereocenters. The number of hydrogen-bond donors (Lipinski definition) is 1. The topological polar surface area (TPSA) is 121 Å². The third kappa shape index (κ3) is 5.54. The van der Waals surface area contributed by atoms with Gasteiger partial charge in [-0.1, -0.05) is 30.3 Å². The molecule has 3 aromatic heterocycles. The number of carbonyl (C=O) groups excluding carboxylic acids is 1. The molecule has 10 rings (SSSR count). The molecular formula is C41H39N5O4S. The van der Waals surface area contributed by atoms with Gasteiger partial charge in [0.05, 0.1) is 34.4 Å². The van der Waals surface area contributed by atoms with Crippen molar-refractivity contribution < 1.29 is 19.4 Å². The zero-order valence-corrected chi connectivity index (χ0v) is 29.6. The van der Waals surface area contributed by atoms with Gasteiger partial charge in [0.15, 0.2) is 11.5 Å². The molecule has 0 amide bonds. The number of nitrogens with zero attached hydrogens (tertiary/aromatic N) is 5. The normalized spacial score (nSPS) is 24.8. The summed E-state index contributed by atoms with van der Waals surface area (Å²) in [6.45, 7) is 5.89. The average Bonchev–Trinajstić information content (AvgIpc) is 3.65. The van der Waals surface area contributed by atoms with Crippen LogP contribution in [-0.4, -0.2) is 49.1 Å². The van der Waals surface area contributed by atoms with E-state index in [-0.39, 0.29) is 29.1 Å². The van der Waals surface area contributed by atoms with Gasteiger partial charge in [0.1, 0.15) is 22.6 Å². The lowest BCUT2D eigenvalue weighted by molar-refractivity contribution is -0.271. The summed E-state index contributed by atoms with van der Waals surface area (Å²) in [6, 6.07) is 21.7. The number of carboxylic acids is 1. The number of ether oxygens (including phenoxy) is 1. The molecule has 3 aliphatic heterocycles. The van der Waals surface area contributed by atoms with E-state index < -0.39 is 5.97 Å². The lowest BCUT2D eigenvalue weighted by atomic mass is 9.58. The van der Waals surface area contributed by atoms with Crippen LogP contribution in [0.25, 0.3) is 21.3 Å². The Hall–Kier alpha value is -4.85. The zero-order chi connectivity index (χ0) is 35.1. The van der Waals surface area contributed by atoms with Crippen molar-refractivity contribution in [1.29, 1.82) is 5.26 Å². The Balaban J connectivity index is 0.999. The van der Waals surface area contributed by atoms with Crippen molar-refractivity contribution in [2.75, 3.05) is 11.4 Å². The average molecular weight is 698 g/mol. The number of Topliss-reactive ketones (excluding diaryl/α,β-unsaturated/α-hetero) is 1. The number of rotatable bonds is 8. The summed E-state index contributed by atoms with van der Waals surface area (Å²) in [4.78, 5) is 37.9. The Kier molecular flexibility index (Phi) is 7.46. The minimum atomic E-state index is -1.13. The number of benzene rings is 2. The van der Waals surface area contributed by atoms with Crippen LogP contribution in [0.5, 0.6) is 0 Å². The van der Waals surface area contributed by atoms with Crippen LogP contribution in [0.1, 0.15) is 87.4 Å². The van der Waals surface area contributed by atoms with Gasteiger partial charge in [-0.25, -0.2) is 14.8 Å². The van der Waals surface area contributed by atoms with Crippen LogP contribution < -0.4 is 4.90 Å². The fraction of sp³-hybridized carbons (Fsp3) is 0.390. The summed E-state index contributed by atoms with van der Waals surface area (Å²) in [7, 11) is 0. The van der Waals surface area contributed by atoms with Gasteiger partial charge in [-0.15, -0.1) is 11.3 Å². The highest BCUT2D eigenvalue weighted by atomic mass is 32.1. The van der Waals surface area contributed by atoms with Gasteiger partial charge in [0, 0.05) is 35.5 Å². The second-order valence-corrected chi connectivity index (χ2v) is 16.5. The summed E-state index contributed by atoms with van der Waals surface area (Å²) in [5.74, 6) is 0.745. The number of carbonyl (C=O) groups is 2. The van der Waals surface area contributed by atoms with Crippen LogP contribution in [-0.2, 0) is 30.7 Å². The molecule has 2 aromatic carbocycles. The number of anilines is 1. The Bertz CT molecular complexity index is 2250. The Morgan fingerprint density at radius 2 is 1.84 bits per heavy atom. The van der Waals surface area contributed by atoms with Gasteiger partial charge >= 0.3 is 5.97 Å². The van der Waals surface area contributed by atoms with Crippen molar-refractivity contribution in [2.24, 2.45) is 11.8 Å². The standard InChI is InChI=1S/C41H39N5O4S/c1-24-31(15-28(21-42)46(24)23-41-19-25-14-26(20-41)18-40(2,17-25)50-41)30-10-11-36(44-38(30)39(48)49)45-13-12-27-6-5-7-29(32(27)22-45)34(47)16-37-43-33-8-3-4-9-35(33)51-37/h3-11,15,25-26H,12-14,16-20,22-23H2,1-2H3,(H,48,49). The van der Waals surface area contributed by atoms with E-state index in [1.54, 1.807) is 17.4 Å². The number of ketones is 1. The lowest BCUT2D eigenvalue weighted by Gasteiger charge is -2.61. The van der Waals surface area contributed by atoms with Crippen LogP contribution in [0.4, 0.5) is 5.82 Å². The van der Waals surface area contributed by atoms with Crippen molar-refractivity contribution in [3.63, 3.8) is 0 Å². The summed E-state index contributed by atoms with van der Waals surface area (Å²) in [5, 5.41) is 21.5. The molecule has 2 saturated heterocycles. The molecule has 2 saturated carbocycles. The molecule has 2 atom stereocenters. The molecule has 1 N–H and O–H groups in total. The van der Waals surface area contributed by atoms with Crippen LogP contribution in [0.2, 0.25) is 0 Å². The first kappa shape index (κ1) is 32.1. The van der Waals surface area contributed by atoms with Crippen molar-refractivity contribution >= 4 is 39.1 Å². The molecule has 4 fully saturated rings. The monoisotopic (exact) mass is 697 g/mol. The van der Waals surface area contributed by atoms with Gasteiger partial charge in [0.25, 0.3) is 0 Å². The first-order valence-electron chi connectivity index (χ1n) is 17.9. The fourth-order valence-corrected chi connectivity index (χ4v) is 11.0. The van der Waals surface area contributed by atoms with Gasteiger partial charge < -0.3 is 19.3 Å². The van der Waals surface area contributed by atoms with E-state index in [1.807, 2.05) is 60.0 Å². The minimum Gasteiger partial charge on any atom is -0.476 e. The third-order valence-electron chi connectivity index (χ3n) is 11.7. The summed E-state index contributed by atoms with van der Waals surface area (Å²) in [5.41, 5.74) is 5.72. The van der Waals surface area contributed by atoms with E-state index in [0.717, 1.165) is 57.7 Å². The minimum absolute atomic E-state index is 0.0172. The van der Waals surface area contributed by atoms with Crippen LogP contribution in [0.15, 0.2) is 60.7 Å². The number of aromatic carboxylic acids is 1. The second-order valence-electron chi connectivity index (χ2n) is 15.4. The smallest absolute Gasteiger partial charge is 0.355 e. The molecule has 5 aliphatic rings. The van der Waals surface area contributed by atoms with Gasteiger partial charge in [-0.05, 0) is 106 Å². The molecule has 51 heavy (non-hydrogen) atoms. The maximum absolute atomic E-state index is 13.7. The van der Waals surface area contributed by atoms with Crippen LogP contribution in [0.3, 0.4) is 0 Å². The molecule has 9 nitrogen and oxygen atoms in total. The van der Waals surface area contributed by atoms with Crippen molar-refractivity contribution in [3.05, 3.63) is 99.4 Å². The Labute approximate surface area is 300 Å². The Morgan fingerprint density at radius 3 is 2.59 bits per heavy atom. The number of para-hydroxylation sites is 1. The van der Waals surface area contributed by atoms with E-state index in [1.165, 1.54) is 6.42 Å². The van der Waals surface area contributed by atoms with Crippen LogP contribution >= 0.6 is 11.3 Å². The number of aromatic nitrogens is 3. The molecule has 10 heteroatoms. The predicted molar refractivity (Wildman–Crippen MR) is 195 cm³/mol. The fourth-order valence-electron chi connectivity index (χ4n) is 10.0. The molecule has 4 bridgehead atoms. The molecule has 258 valence electrons. The quantitative estimate of drug-likeness (QED) is 0.163. The van der Waals surface area contributed by atoms with Crippen LogP contribution in [0, 0.1) is 30.1 Å². The molecule has 0 spiro atoms. The molecular weight excluding hydrogens is 659 g/mol. The zero-order valence-electron chi connectivity index (χ0n) is 28.8. The molecule has 5 aromatic rings. The number of thiazole rings is 1. The van der Waals surface area contributed by atoms with Crippen molar-refractivity contribution in [2.45, 2.75) is 83.1 Å². The lowest BCUT2D eigenvalue weighted by Crippen LogP contribution is -2.61. The predicted octanol–water partition coefficient (Wildman–Crippen LogP) is 7.76. The summed E-state index contributed by atoms with van der Waals surface area (Å²) < 4.78 is 9.94. The Morgan fingerprint density at radius 1 is 1.04 bits per heavy atom. The highest BCUT2D eigenvalue weighted by molar-refractivity contribution is 7.18. The van der Waals surface area contributed by atoms with Crippen molar-refractivity contribution in [1.82, 2.24) is 14.5 Å². The first-order chi connectivity index (χ1) is 24.6. The molecule has 6 heterocycles. The van der Waals surface area contributed by atoms with Gasteiger partial charge in [-0.3, -0.25) is 4.79 Å². The highest BCUT2D eigenvalue weighted by Gasteiger charge is 2.57. The largest absolute Gasteiger partial charge is 0.476 e. The van der Waals surface area contributed by atoms with E-state index in [2.05, 4.69) is 28.9 Å². The van der Waals surface area contributed by atoms with E-state index in [0.29, 0.717) is 66.1 Å². The van der Waals surface area contributed by atoms with Gasteiger partial charge in [-0.2, -0.15) is 5.26 Å². The van der Waals surface area contributed by atoms with Crippen molar-refractivity contribution in [3.8, 4) is 17.2 Å². The second kappa shape index (κ2) is 11.9. The number of carboxylic acid groups (broad SMARTS) is 1. The summed E-state index contributed by atoms with van der Waals surface area (Å²) in [6.07, 6.45) is 6.42. The molecule has 0 radical (unpaired) electrons. The number of hydrogen-bond acceptors (Lipinski definition) is 8. The van der Waals surface area contributed by atoms with E-state index in [4.69, 9.17) is 9.72 Å². The number of nitriles is 1. The van der Waals surface area contributed by atoms with Gasteiger partial charge in [0.2, 0.25) is 0 Å². The first-order valence-corrected chi connectivity index (χ1v) is 18.7. The van der Waals surface area contributed by atoms with E-state index >= 15 is 0 Å². The number of fused-ring (bicyclic) bond motifs is 2. The maximum Gasteiger partial charge on any atom is 0.355 e. The summed E-state index contributed by atoms with van der Waals surface area (Å²) >= 11 is 1.54. The highest BCUT2D eigenvalue weighted by Crippen LogP contribution is 2.58. The maximum atomic E-state index is 13.7. The SMILES string of the molecule is Cc1c(-c2ccc(N3CCc4cccc(C(=O)Cc5nc6ccccc6s5)c4C3)nc2C(=O)O)cc(C#N)n1CC12CC3CC(CC(C)(C3)O1)C2. The third-order valence-corrected chi connectivity index (χ3v) is 12.8.